The van der Waals surface area contributed by atoms with Gasteiger partial charge in [0.2, 0.25) is 5.82 Å². The number of nitrogens with zero attached hydrogens (tertiary/aromatic N) is 6. The fourth-order valence-corrected chi connectivity index (χ4v) is 7.63. The van der Waals surface area contributed by atoms with E-state index in [4.69, 9.17) is 16.6 Å². The number of fused-ring (bicyclic) bond motifs is 4. The number of piperazine rings is 1. The highest BCUT2D eigenvalue weighted by molar-refractivity contribution is 6.32. The number of nitrogens with one attached hydrogen (secondary N) is 1. The Hall–Kier alpha value is -3.06. The van der Waals surface area contributed by atoms with Gasteiger partial charge in [0, 0.05) is 35.8 Å². The van der Waals surface area contributed by atoms with Crippen molar-refractivity contribution in [3.8, 4) is 28.8 Å². The summed E-state index contributed by atoms with van der Waals surface area (Å²) in [5, 5.41) is 23.1. The van der Waals surface area contributed by atoms with Crippen LogP contribution in [0.1, 0.15) is 62.3 Å². The highest BCUT2D eigenvalue weighted by Crippen LogP contribution is 2.49. The lowest BCUT2D eigenvalue weighted by Crippen LogP contribution is -2.44. The van der Waals surface area contributed by atoms with Crippen LogP contribution in [0.2, 0.25) is 5.02 Å². The van der Waals surface area contributed by atoms with E-state index in [1.807, 2.05) is 0 Å². The quantitative estimate of drug-likeness (QED) is 0.478. The lowest BCUT2D eigenvalue weighted by molar-refractivity contribution is 0.261. The Bertz CT molecular complexity index is 1570. The Labute approximate surface area is 231 Å². The zero-order chi connectivity index (χ0) is 26.3. The average Bonchev–Trinajstić information content (AvgIpc) is 3.23. The minimum absolute atomic E-state index is 0.0341. The first-order valence-electron chi connectivity index (χ1n) is 14.0. The second-order valence-electron chi connectivity index (χ2n) is 11.7. The van der Waals surface area contributed by atoms with Crippen molar-refractivity contribution in [2.75, 3.05) is 31.1 Å². The standard InChI is InChI=1S/C29H29ClFN7O/c30-21-13-19(39)12-20(23(21)16-3-4-16)25-24(31)26-27(36-35-25)28(38-15-17-11-18(38)14-32-17)34-22(33-26)5-8-29-6-1-9-37(29)10-2-7-29/h12-13,16-18,32,39H,1-4,6-7,9-11,14-15H2/t17-,18-/m1/s1. The van der Waals surface area contributed by atoms with Crippen LogP contribution >= 0.6 is 11.6 Å². The Morgan fingerprint density at radius 2 is 1.92 bits per heavy atom. The molecular weight excluding hydrogens is 517 g/mol. The molecule has 1 aromatic carbocycles. The van der Waals surface area contributed by atoms with Crippen molar-refractivity contribution in [2.24, 2.45) is 0 Å². The van der Waals surface area contributed by atoms with Gasteiger partial charge in [-0.1, -0.05) is 17.5 Å². The number of hydrogen-bond donors (Lipinski definition) is 2. The molecule has 200 valence electrons. The van der Waals surface area contributed by atoms with Crippen molar-refractivity contribution >= 4 is 28.5 Å². The third kappa shape index (κ3) is 3.80. The average molecular weight is 546 g/mol. The van der Waals surface area contributed by atoms with Crippen molar-refractivity contribution in [3.63, 3.8) is 0 Å². The Kier molecular flexibility index (Phi) is 5.32. The van der Waals surface area contributed by atoms with Crippen LogP contribution in [0.25, 0.3) is 22.3 Å². The lowest BCUT2D eigenvalue weighted by Gasteiger charge is -2.29. The predicted octanol–water partition coefficient (Wildman–Crippen LogP) is 3.99. The Morgan fingerprint density at radius 1 is 1.10 bits per heavy atom. The predicted molar refractivity (Wildman–Crippen MR) is 146 cm³/mol. The fraction of sp³-hybridized carbons (Fsp3) is 0.517. The van der Waals surface area contributed by atoms with Gasteiger partial charge in [-0.25, -0.2) is 14.4 Å². The molecule has 5 aliphatic rings. The minimum Gasteiger partial charge on any atom is -0.508 e. The molecule has 0 amide bonds. The zero-order valence-corrected chi connectivity index (χ0v) is 22.3. The molecule has 1 saturated carbocycles. The summed E-state index contributed by atoms with van der Waals surface area (Å²) in [4.78, 5) is 14.2. The summed E-state index contributed by atoms with van der Waals surface area (Å²) in [6, 6.07) is 3.68. The molecule has 4 aliphatic heterocycles. The topological polar surface area (TPSA) is 90.3 Å². The van der Waals surface area contributed by atoms with E-state index in [2.05, 4.69) is 42.1 Å². The first kappa shape index (κ1) is 23.8. The first-order chi connectivity index (χ1) is 19.0. The molecule has 4 saturated heterocycles. The molecular formula is C29H29ClFN7O. The number of phenolic OH excluding ortho intramolecular Hbond substituents is 1. The van der Waals surface area contributed by atoms with E-state index in [1.165, 1.54) is 12.1 Å². The second kappa shape index (κ2) is 8.72. The van der Waals surface area contributed by atoms with Crippen LogP contribution in [0, 0.1) is 17.7 Å². The molecule has 3 aromatic rings. The maximum Gasteiger partial charge on any atom is 0.207 e. The van der Waals surface area contributed by atoms with Gasteiger partial charge >= 0.3 is 0 Å². The van der Waals surface area contributed by atoms with Crippen molar-refractivity contribution in [1.82, 2.24) is 30.4 Å². The maximum absolute atomic E-state index is 16.5. The van der Waals surface area contributed by atoms with E-state index in [0.29, 0.717) is 33.8 Å². The van der Waals surface area contributed by atoms with Crippen LogP contribution < -0.4 is 10.2 Å². The van der Waals surface area contributed by atoms with E-state index in [0.717, 1.165) is 76.7 Å². The first-order valence-corrected chi connectivity index (χ1v) is 14.4. The van der Waals surface area contributed by atoms with Crippen LogP contribution in [0.15, 0.2) is 12.1 Å². The Morgan fingerprint density at radius 3 is 2.64 bits per heavy atom. The molecule has 10 heteroatoms. The van der Waals surface area contributed by atoms with E-state index >= 15 is 4.39 Å². The monoisotopic (exact) mass is 545 g/mol. The molecule has 0 unspecified atom stereocenters. The van der Waals surface area contributed by atoms with Crippen LogP contribution in [0.5, 0.6) is 5.75 Å². The zero-order valence-electron chi connectivity index (χ0n) is 21.6. The SMILES string of the molecule is Oc1cc(Cl)c(C2CC2)c(-c2nnc3c(N4C[C@H]5C[C@@H]4CN5)nc(C#CC45CCCN4CCC5)nc3c2F)c1. The summed E-state index contributed by atoms with van der Waals surface area (Å²) in [5.74, 6) is 7.29. The lowest BCUT2D eigenvalue weighted by atomic mass is 9.95. The molecule has 6 heterocycles. The van der Waals surface area contributed by atoms with Gasteiger partial charge < -0.3 is 15.3 Å². The van der Waals surface area contributed by atoms with Gasteiger partial charge in [0.05, 0.1) is 5.54 Å². The van der Waals surface area contributed by atoms with Gasteiger partial charge in [-0.2, -0.15) is 0 Å². The molecule has 2 N–H and O–H groups in total. The van der Waals surface area contributed by atoms with Crippen LogP contribution in [-0.4, -0.2) is 74.0 Å². The number of phenols is 1. The summed E-state index contributed by atoms with van der Waals surface area (Å²) < 4.78 is 16.5. The van der Waals surface area contributed by atoms with E-state index in [-0.39, 0.29) is 34.5 Å². The molecule has 39 heavy (non-hydrogen) atoms. The van der Waals surface area contributed by atoms with Gasteiger partial charge in [0.1, 0.15) is 17.0 Å². The van der Waals surface area contributed by atoms with Crippen molar-refractivity contribution in [2.45, 2.75) is 68.5 Å². The van der Waals surface area contributed by atoms with Gasteiger partial charge in [0.15, 0.2) is 17.2 Å². The maximum atomic E-state index is 16.5. The van der Waals surface area contributed by atoms with Gasteiger partial charge in [-0.3, -0.25) is 4.90 Å². The minimum atomic E-state index is -0.584. The van der Waals surface area contributed by atoms with Crippen LogP contribution in [0.3, 0.4) is 0 Å². The number of hydrogen-bond acceptors (Lipinski definition) is 8. The molecule has 2 bridgehead atoms. The number of aromatic nitrogens is 4. The van der Waals surface area contributed by atoms with Gasteiger partial charge in [-0.05, 0) is 87.6 Å². The highest BCUT2D eigenvalue weighted by Gasteiger charge is 2.43. The van der Waals surface area contributed by atoms with Crippen molar-refractivity contribution in [1.29, 1.82) is 0 Å². The number of aromatic hydroxyl groups is 1. The van der Waals surface area contributed by atoms with E-state index in [9.17, 15) is 5.11 Å². The summed E-state index contributed by atoms with van der Waals surface area (Å²) in [5.41, 5.74) is 1.66. The number of halogens is 2. The highest BCUT2D eigenvalue weighted by atomic mass is 35.5. The fourth-order valence-electron chi connectivity index (χ4n) is 7.26. The molecule has 0 radical (unpaired) electrons. The smallest absolute Gasteiger partial charge is 0.207 e. The molecule has 2 aromatic heterocycles. The van der Waals surface area contributed by atoms with Crippen LogP contribution in [-0.2, 0) is 0 Å². The van der Waals surface area contributed by atoms with Crippen molar-refractivity contribution < 1.29 is 9.50 Å². The molecule has 8 nitrogen and oxygen atoms in total. The van der Waals surface area contributed by atoms with Gasteiger partial charge in [0.25, 0.3) is 0 Å². The number of rotatable bonds is 3. The molecule has 5 fully saturated rings. The third-order valence-electron chi connectivity index (χ3n) is 9.26. The van der Waals surface area contributed by atoms with E-state index in [1.54, 1.807) is 0 Å². The second-order valence-corrected chi connectivity index (χ2v) is 12.1. The third-order valence-corrected chi connectivity index (χ3v) is 9.58. The molecule has 8 rings (SSSR count). The Balaban J connectivity index is 1.30. The van der Waals surface area contributed by atoms with Gasteiger partial charge in [-0.15, -0.1) is 10.2 Å². The summed E-state index contributed by atoms with van der Waals surface area (Å²) in [6.07, 6.45) is 7.35. The van der Waals surface area contributed by atoms with Crippen LogP contribution in [0.4, 0.5) is 10.2 Å². The largest absolute Gasteiger partial charge is 0.508 e. The molecule has 0 spiro atoms. The summed E-state index contributed by atoms with van der Waals surface area (Å²) in [6.45, 7) is 3.79. The summed E-state index contributed by atoms with van der Waals surface area (Å²) in [7, 11) is 0. The normalized spacial score (nSPS) is 25.3. The number of benzene rings is 1. The molecule has 1 aliphatic carbocycles. The number of anilines is 1. The summed E-state index contributed by atoms with van der Waals surface area (Å²) >= 11 is 6.52. The van der Waals surface area contributed by atoms with E-state index < -0.39 is 5.82 Å². The molecule has 2 atom stereocenters. The van der Waals surface area contributed by atoms with Crippen molar-refractivity contribution in [3.05, 3.63) is 34.4 Å².